The molecule has 0 radical (unpaired) electrons. The van der Waals surface area contributed by atoms with E-state index in [4.69, 9.17) is 4.74 Å². The van der Waals surface area contributed by atoms with Crippen molar-refractivity contribution in [2.45, 2.75) is 63.5 Å². The molecule has 1 aromatic rings. The lowest BCUT2D eigenvalue weighted by Crippen LogP contribution is -2.51. The maximum absolute atomic E-state index is 13.3. The number of likely N-dealkylation sites (tertiary alicyclic amines) is 1. The Morgan fingerprint density at radius 1 is 1.03 bits per heavy atom. The Labute approximate surface area is 186 Å². The van der Waals surface area contributed by atoms with Crippen molar-refractivity contribution in [1.29, 1.82) is 0 Å². The van der Waals surface area contributed by atoms with Crippen LogP contribution in [0, 0.1) is 5.92 Å². The topological polar surface area (TPSA) is 66.9 Å². The van der Waals surface area contributed by atoms with Crippen LogP contribution >= 0.6 is 0 Å². The fraction of sp³-hybridized carbons (Fsp3) is 0.708. The fourth-order valence-electron chi connectivity index (χ4n) is 5.60. The summed E-state index contributed by atoms with van der Waals surface area (Å²) in [7, 11) is -1.31. The lowest BCUT2D eigenvalue weighted by Gasteiger charge is -2.37. The number of benzene rings is 1. The normalized spacial score (nSPS) is 25.0. The minimum atomic E-state index is -2.99. The van der Waals surface area contributed by atoms with E-state index in [9.17, 15) is 13.2 Å². The molecule has 1 aromatic carbocycles. The highest BCUT2D eigenvalue weighted by atomic mass is 32.2. The number of carbonyl (C=O) groups excluding carboxylic acids is 1. The fourth-order valence-corrected chi connectivity index (χ4v) is 7.31. The maximum Gasteiger partial charge on any atom is 0.237 e. The van der Waals surface area contributed by atoms with Crippen LogP contribution in [0.5, 0.6) is 5.75 Å². The SMILES string of the molecule is COc1ccc(CC2CCN(CC(=O)N(C3CCCC3)C3CCS(=O)(=O)C3)CC2)cc1. The van der Waals surface area contributed by atoms with Crippen LogP contribution < -0.4 is 4.74 Å². The molecule has 2 saturated heterocycles. The van der Waals surface area contributed by atoms with Crippen LogP contribution in [0.25, 0.3) is 0 Å². The second-order valence-corrected chi connectivity index (χ2v) is 11.8. The zero-order chi connectivity index (χ0) is 21.8. The van der Waals surface area contributed by atoms with E-state index in [0.29, 0.717) is 18.9 Å². The molecule has 0 N–H and O–H groups in total. The summed E-state index contributed by atoms with van der Waals surface area (Å²) in [6.07, 6.45) is 8.20. The van der Waals surface area contributed by atoms with E-state index in [1.54, 1.807) is 7.11 Å². The molecule has 172 valence electrons. The first-order valence-corrected chi connectivity index (χ1v) is 13.6. The molecule has 3 fully saturated rings. The van der Waals surface area contributed by atoms with Crippen LogP contribution in [-0.2, 0) is 21.1 Å². The van der Waals surface area contributed by atoms with Crippen molar-refractivity contribution in [2.75, 3.05) is 38.2 Å². The first-order valence-electron chi connectivity index (χ1n) is 11.8. The van der Waals surface area contributed by atoms with Gasteiger partial charge in [-0.1, -0.05) is 25.0 Å². The Bertz CT molecular complexity index is 841. The molecule has 6 nitrogen and oxygen atoms in total. The summed E-state index contributed by atoms with van der Waals surface area (Å²) in [6.45, 7) is 2.31. The summed E-state index contributed by atoms with van der Waals surface area (Å²) in [5.41, 5.74) is 1.34. The molecule has 0 spiro atoms. The van der Waals surface area contributed by atoms with Crippen LogP contribution in [0.4, 0.5) is 0 Å². The van der Waals surface area contributed by atoms with Crippen molar-refractivity contribution in [3.05, 3.63) is 29.8 Å². The molecular weight excluding hydrogens is 412 g/mol. The van der Waals surface area contributed by atoms with Crippen molar-refractivity contribution >= 4 is 15.7 Å². The third kappa shape index (κ3) is 5.80. The number of hydrogen-bond acceptors (Lipinski definition) is 5. The third-order valence-corrected chi connectivity index (χ3v) is 9.11. The monoisotopic (exact) mass is 448 g/mol. The van der Waals surface area contributed by atoms with E-state index in [1.807, 2.05) is 17.0 Å². The number of methoxy groups -OCH3 is 1. The van der Waals surface area contributed by atoms with E-state index in [0.717, 1.165) is 63.8 Å². The van der Waals surface area contributed by atoms with Crippen LogP contribution in [-0.4, -0.2) is 74.5 Å². The summed E-state index contributed by atoms with van der Waals surface area (Å²) in [4.78, 5) is 17.6. The smallest absolute Gasteiger partial charge is 0.237 e. The minimum absolute atomic E-state index is 0.117. The number of carbonyl (C=O) groups is 1. The molecule has 2 aliphatic heterocycles. The number of hydrogen-bond donors (Lipinski definition) is 0. The van der Waals surface area contributed by atoms with Gasteiger partial charge in [-0.05, 0) is 75.2 Å². The Morgan fingerprint density at radius 3 is 2.29 bits per heavy atom. The first-order chi connectivity index (χ1) is 14.9. The van der Waals surface area contributed by atoms with E-state index < -0.39 is 9.84 Å². The van der Waals surface area contributed by atoms with E-state index in [-0.39, 0.29) is 29.5 Å². The number of sulfone groups is 1. The predicted octanol–water partition coefficient (Wildman–Crippen LogP) is 2.91. The summed E-state index contributed by atoms with van der Waals surface area (Å²) in [5.74, 6) is 2.05. The number of ether oxygens (including phenoxy) is 1. The molecule has 1 amide bonds. The van der Waals surface area contributed by atoms with Gasteiger partial charge in [-0.25, -0.2) is 8.42 Å². The molecule has 1 unspecified atom stereocenters. The average molecular weight is 449 g/mol. The molecule has 0 aromatic heterocycles. The zero-order valence-corrected chi connectivity index (χ0v) is 19.5. The highest BCUT2D eigenvalue weighted by molar-refractivity contribution is 7.91. The van der Waals surface area contributed by atoms with Gasteiger partial charge in [-0.3, -0.25) is 9.69 Å². The molecule has 2 heterocycles. The van der Waals surface area contributed by atoms with Gasteiger partial charge in [0.15, 0.2) is 9.84 Å². The number of amides is 1. The van der Waals surface area contributed by atoms with Crippen molar-refractivity contribution in [2.24, 2.45) is 5.92 Å². The van der Waals surface area contributed by atoms with Gasteiger partial charge in [0.05, 0.1) is 25.2 Å². The number of nitrogens with zero attached hydrogens (tertiary/aromatic N) is 2. The molecule has 3 aliphatic rings. The number of rotatable bonds is 7. The van der Waals surface area contributed by atoms with Crippen molar-refractivity contribution in [1.82, 2.24) is 9.80 Å². The van der Waals surface area contributed by atoms with Gasteiger partial charge in [0.2, 0.25) is 5.91 Å². The Kier molecular flexibility index (Phi) is 7.22. The van der Waals surface area contributed by atoms with E-state index >= 15 is 0 Å². The van der Waals surface area contributed by atoms with Crippen molar-refractivity contribution < 1.29 is 17.9 Å². The van der Waals surface area contributed by atoms with Crippen LogP contribution in [0.2, 0.25) is 0 Å². The molecule has 7 heteroatoms. The van der Waals surface area contributed by atoms with E-state index in [2.05, 4.69) is 17.0 Å². The number of piperidine rings is 1. The highest BCUT2D eigenvalue weighted by Gasteiger charge is 2.39. The quantitative estimate of drug-likeness (QED) is 0.642. The molecule has 0 bridgehead atoms. The highest BCUT2D eigenvalue weighted by Crippen LogP contribution is 2.30. The van der Waals surface area contributed by atoms with Crippen molar-refractivity contribution in [3.8, 4) is 5.75 Å². The second-order valence-electron chi connectivity index (χ2n) is 9.57. The van der Waals surface area contributed by atoms with E-state index in [1.165, 1.54) is 5.56 Å². The Morgan fingerprint density at radius 2 is 1.71 bits per heavy atom. The molecule has 4 rings (SSSR count). The standard InChI is InChI=1S/C24H36N2O4S/c1-30-23-8-6-19(7-9-23)16-20-10-13-25(14-11-20)17-24(27)26(21-4-2-3-5-21)22-12-15-31(28,29)18-22/h6-9,20-22H,2-5,10-18H2,1H3. The van der Waals surface area contributed by atoms with Gasteiger partial charge in [0.25, 0.3) is 0 Å². The molecule has 1 atom stereocenters. The minimum Gasteiger partial charge on any atom is -0.497 e. The summed E-state index contributed by atoms with van der Waals surface area (Å²) >= 11 is 0. The van der Waals surface area contributed by atoms with Gasteiger partial charge >= 0.3 is 0 Å². The first kappa shape index (κ1) is 22.6. The molecule has 1 saturated carbocycles. The molecule has 1 aliphatic carbocycles. The molecular formula is C24H36N2O4S. The molecule has 31 heavy (non-hydrogen) atoms. The second kappa shape index (κ2) is 9.90. The predicted molar refractivity (Wildman–Crippen MR) is 122 cm³/mol. The van der Waals surface area contributed by atoms with Crippen molar-refractivity contribution in [3.63, 3.8) is 0 Å². The van der Waals surface area contributed by atoms with Gasteiger partial charge in [0.1, 0.15) is 5.75 Å². The average Bonchev–Trinajstić information content (AvgIpc) is 3.40. The third-order valence-electron chi connectivity index (χ3n) is 7.36. The van der Waals surface area contributed by atoms with Gasteiger partial charge < -0.3 is 9.64 Å². The van der Waals surface area contributed by atoms with Gasteiger partial charge in [-0.2, -0.15) is 0 Å². The summed E-state index contributed by atoms with van der Waals surface area (Å²) < 4.78 is 29.3. The Hall–Kier alpha value is -1.60. The largest absolute Gasteiger partial charge is 0.497 e. The van der Waals surface area contributed by atoms with Crippen LogP contribution in [0.1, 0.15) is 50.5 Å². The van der Waals surface area contributed by atoms with Crippen LogP contribution in [0.15, 0.2) is 24.3 Å². The summed E-state index contributed by atoms with van der Waals surface area (Å²) in [5, 5.41) is 0. The Balaban J connectivity index is 1.30. The lowest BCUT2D eigenvalue weighted by atomic mass is 9.90. The summed E-state index contributed by atoms with van der Waals surface area (Å²) in [6, 6.07) is 8.44. The maximum atomic E-state index is 13.3. The zero-order valence-electron chi connectivity index (χ0n) is 18.7. The van der Waals surface area contributed by atoms with Gasteiger partial charge in [0, 0.05) is 12.1 Å². The van der Waals surface area contributed by atoms with Crippen LogP contribution in [0.3, 0.4) is 0 Å². The lowest BCUT2D eigenvalue weighted by molar-refractivity contribution is -0.137. The van der Waals surface area contributed by atoms with Gasteiger partial charge in [-0.15, -0.1) is 0 Å².